The SMILES string of the molecule is CC(C)CNC(N)=NCc1ccc(F)c(CN(C)C)c1. The summed E-state index contributed by atoms with van der Waals surface area (Å²) < 4.78 is 13.6. The molecule has 1 rings (SSSR count). The molecule has 0 amide bonds. The summed E-state index contributed by atoms with van der Waals surface area (Å²) >= 11 is 0. The second-order valence-electron chi connectivity index (χ2n) is 5.64. The standard InChI is InChI=1S/C15H25FN4/c1-11(2)8-18-15(17)19-9-12-5-6-14(16)13(7-12)10-20(3)4/h5-7,11H,8-10H2,1-4H3,(H3,17,18,19). The number of benzene rings is 1. The van der Waals surface area contributed by atoms with Crippen molar-refractivity contribution in [1.82, 2.24) is 10.2 Å². The highest BCUT2D eigenvalue weighted by Gasteiger charge is 2.05. The van der Waals surface area contributed by atoms with Crippen LogP contribution in [0.2, 0.25) is 0 Å². The molecule has 0 aliphatic rings. The summed E-state index contributed by atoms with van der Waals surface area (Å²) in [5.74, 6) is 0.760. The summed E-state index contributed by atoms with van der Waals surface area (Å²) in [4.78, 5) is 6.20. The summed E-state index contributed by atoms with van der Waals surface area (Å²) in [7, 11) is 3.83. The number of rotatable bonds is 6. The molecule has 4 nitrogen and oxygen atoms in total. The second kappa shape index (κ2) is 7.85. The van der Waals surface area contributed by atoms with Crippen LogP contribution in [0.1, 0.15) is 25.0 Å². The molecule has 0 saturated heterocycles. The fraction of sp³-hybridized carbons (Fsp3) is 0.533. The maximum atomic E-state index is 13.6. The van der Waals surface area contributed by atoms with Gasteiger partial charge in [0.2, 0.25) is 0 Å². The number of nitrogens with zero attached hydrogens (tertiary/aromatic N) is 2. The molecule has 0 bridgehead atoms. The van der Waals surface area contributed by atoms with Crippen LogP contribution >= 0.6 is 0 Å². The van der Waals surface area contributed by atoms with E-state index in [0.29, 0.717) is 30.5 Å². The Hall–Kier alpha value is -1.62. The van der Waals surface area contributed by atoms with Crippen LogP contribution in [0.3, 0.4) is 0 Å². The number of nitrogens with two attached hydrogens (primary N) is 1. The Morgan fingerprint density at radius 1 is 1.40 bits per heavy atom. The lowest BCUT2D eigenvalue weighted by Gasteiger charge is -2.12. The van der Waals surface area contributed by atoms with Crippen LogP contribution in [0, 0.1) is 11.7 Å². The van der Waals surface area contributed by atoms with Crippen LogP contribution < -0.4 is 11.1 Å². The van der Waals surface area contributed by atoms with E-state index in [-0.39, 0.29) is 5.82 Å². The molecule has 0 heterocycles. The van der Waals surface area contributed by atoms with Gasteiger partial charge in [-0.15, -0.1) is 0 Å². The summed E-state index contributed by atoms with van der Waals surface area (Å²) in [6, 6.07) is 5.07. The Morgan fingerprint density at radius 2 is 2.10 bits per heavy atom. The first-order valence-corrected chi connectivity index (χ1v) is 6.84. The summed E-state index contributed by atoms with van der Waals surface area (Å²) in [5.41, 5.74) is 7.41. The van der Waals surface area contributed by atoms with E-state index >= 15 is 0 Å². The molecule has 0 unspecified atom stereocenters. The van der Waals surface area contributed by atoms with Crippen molar-refractivity contribution in [2.75, 3.05) is 20.6 Å². The van der Waals surface area contributed by atoms with Crippen molar-refractivity contribution in [2.24, 2.45) is 16.6 Å². The molecule has 1 aromatic carbocycles. The van der Waals surface area contributed by atoms with Gasteiger partial charge in [0.25, 0.3) is 0 Å². The molecule has 0 aromatic heterocycles. The number of nitrogens with one attached hydrogen (secondary N) is 1. The molecular weight excluding hydrogens is 255 g/mol. The Morgan fingerprint density at radius 3 is 2.70 bits per heavy atom. The Labute approximate surface area is 120 Å². The first kappa shape index (κ1) is 16.4. The third-order valence-corrected chi connectivity index (χ3v) is 2.72. The van der Waals surface area contributed by atoms with E-state index in [1.807, 2.05) is 25.1 Å². The quantitative estimate of drug-likeness (QED) is 0.618. The number of halogens is 1. The molecule has 20 heavy (non-hydrogen) atoms. The lowest BCUT2D eigenvalue weighted by atomic mass is 10.1. The van der Waals surface area contributed by atoms with Crippen molar-refractivity contribution in [2.45, 2.75) is 26.9 Å². The van der Waals surface area contributed by atoms with Gasteiger partial charge in [-0.05, 0) is 37.7 Å². The largest absolute Gasteiger partial charge is 0.370 e. The normalized spacial score (nSPS) is 12.2. The monoisotopic (exact) mass is 280 g/mol. The van der Waals surface area contributed by atoms with E-state index in [9.17, 15) is 4.39 Å². The molecular formula is C15H25FN4. The molecule has 5 heteroatoms. The Bertz CT molecular complexity index is 455. The predicted molar refractivity (Wildman–Crippen MR) is 82.0 cm³/mol. The molecule has 0 fully saturated rings. The summed E-state index contributed by atoms with van der Waals surface area (Å²) in [5, 5.41) is 3.06. The van der Waals surface area contributed by atoms with Crippen molar-refractivity contribution in [3.8, 4) is 0 Å². The highest BCUT2D eigenvalue weighted by molar-refractivity contribution is 5.77. The van der Waals surface area contributed by atoms with Crippen LogP contribution in [0.15, 0.2) is 23.2 Å². The van der Waals surface area contributed by atoms with Gasteiger partial charge in [0.05, 0.1) is 6.54 Å². The van der Waals surface area contributed by atoms with E-state index < -0.39 is 0 Å². The molecule has 0 saturated carbocycles. The van der Waals surface area contributed by atoms with Gasteiger partial charge in [-0.3, -0.25) is 0 Å². The van der Waals surface area contributed by atoms with Crippen LogP contribution in [-0.4, -0.2) is 31.5 Å². The molecule has 112 valence electrons. The van der Waals surface area contributed by atoms with Crippen molar-refractivity contribution < 1.29 is 4.39 Å². The van der Waals surface area contributed by atoms with Crippen LogP contribution in [0.5, 0.6) is 0 Å². The van der Waals surface area contributed by atoms with Gasteiger partial charge in [0, 0.05) is 18.7 Å². The van der Waals surface area contributed by atoms with Crippen LogP contribution in [0.25, 0.3) is 0 Å². The van der Waals surface area contributed by atoms with E-state index in [1.165, 1.54) is 6.07 Å². The average molecular weight is 280 g/mol. The van der Waals surface area contributed by atoms with Crippen molar-refractivity contribution in [3.05, 3.63) is 35.1 Å². The van der Waals surface area contributed by atoms with Gasteiger partial charge in [-0.2, -0.15) is 0 Å². The zero-order chi connectivity index (χ0) is 15.1. The molecule has 0 atom stereocenters. The minimum atomic E-state index is -0.183. The minimum Gasteiger partial charge on any atom is -0.370 e. The number of aliphatic imine (C=N–C) groups is 1. The van der Waals surface area contributed by atoms with E-state index in [4.69, 9.17) is 5.73 Å². The summed E-state index contributed by atoms with van der Waals surface area (Å²) in [6.07, 6.45) is 0. The number of hydrogen-bond acceptors (Lipinski definition) is 2. The predicted octanol–water partition coefficient (Wildman–Crippen LogP) is 1.95. The molecule has 3 N–H and O–H groups in total. The first-order valence-electron chi connectivity index (χ1n) is 6.84. The first-order chi connectivity index (χ1) is 9.38. The fourth-order valence-corrected chi connectivity index (χ4v) is 1.73. The third kappa shape index (κ3) is 6.02. The molecule has 0 aliphatic heterocycles. The van der Waals surface area contributed by atoms with Crippen LogP contribution in [0.4, 0.5) is 4.39 Å². The van der Waals surface area contributed by atoms with E-state index in [2.05, 4.69) is 24.2 Å². The molecule has 1 aromatic rings. The second-order valence-corrected chi connectivity index (χ2v) is 5.64. The van der Waals surface area contributed by atoms with Gasteiger partial charge >= 0.3 is 0 Å². The van der Waals surface area contributed by atoms with Gasteiger partial charge in [-0.1, -0.05) is 19.9 Å². The Balaban J connectivity index is 2.66. The van der Waals surface area contributed by atoms with Crippen molar-refractivity contribution >= 4 is 5.96 Å². The fourth-order valence-electron chi connectivity index (χ4n) is 1.73. The maximum absolute atomic E-state index is 13.6. The van der Waals surface area contributed by atoms with Crippen molar-refractivity contribution in [3.63, 3.8) is 0 Å². The maximum Gasteiger partial charge on any atom is 0.188 e. The van der Waals surface area contributed by atoms with E-state index in [1.54, 1.807) is 6.07 Å². The number of hydrogen-bond donors (Lipinski definition) is 2. The van der Waals surface area contributed by atoms with Crippen LogP contribution in [-0.2, 0) is 13.1 Å². The lowest BCUT2D eigenvalue weighted by molar-refractivity contribution is 0.392. The van der Waals surface area contributed by atoms with Gasteiger partial charge < -0.3 is 16.0 Å². The minimum absolute atomic E-state index is 0.183. The Kier molecular flexibility index (Phi) is 6.45. The zero-order valence-electron chi connectivity index (χ0n) is 12.8. The molecule has 0 spiro atoms. The lowest BCUT2D eigenvalue weighted by Crippen LogP contribution is -2.34. The van der Waals surface area contributed by atoms with Gasteiger partial charge in [-0.25, -0.2) is 9.38 Å². The van der Waals surface area contributed by atoms with Crippen molar-refractivity contribution in [1.29, 1.82) is 0 Å². The highest BCUT2D eigenvalue weighted by atomic mass is 19.1. The highest BCUT2D eigenvalue weighted by Crippen LogP contribution is 2.13. The zero-order valence-corrected chi connectivity index (χ0v) is 12.8. The molecule has 0 aliphatic carbocycles. The topological polar surface area (TPSA) is 53.6 Å². The molecule has 0 radical (unpaired) electrons. The summed E-state index contributed by atoms with van der Waals surface area (Å²) in [6.45, 7) is 6.04. The average Bonchev–Trinajstić information content (AvgIpc) is 2.36. The van der Waals surface area contributed by atoms with E-state index in [0.717, 1.165) is 12.1 Å². The third-order valence-electron chi connectivity index (χ3n) is 2.72. The number of guanidine groups is 1. The van der Waals surface area contributed by atoms with Gasteiger partial charge in [0.15, 0.2) is 5.96 Å². The van der Waals surface area contributed by atoms with Gasteiger partial charge in [0.1, 0.15) is 5.82 Å². The smallest absolute Gasteiger partial charge is 0.188 e.